The number of hydrogen-bond donors (Lipinski definition) is 1. The molecule has 1 N–H and O–H groups in total. The summed E-state index contributed by atoms with van der Waals surface area (Å²) in [6.45, 7) is 0. The van der Waals surface area contributed by atoms with Gasteiger partial charge >= 0.3 is 0 Å². The van der Waals surface area contributed by atoms with Gasteiger partial charge in [-0.25, -0.2) is 4.98 Å². The van der Waals surface area contributed by atoms with Crippen LogP contribution in [0.4, 0.5) is 0 Å². The number of hydrogen-bond acceptors (Lipinski definition) is 6. The van der Waals surface area contributed by atoms with Crippen molar-refractivity contribution >= 4 is 23.3 Å². The van der Waals surface area contributed by atoms with E-state index in [4.69, 9.17) is 5.26 Å². The molecule has 1 aromatic heterocycles. The summed E-state index contributed by atoms with van der Waals surface area (Å²) >= 11 is 3.08. The van der Waals surface area contributed by atoms with E-state index in [-0.39, 0.29) is 6.04 Å². The number of nitrogens with zero attached hydrogens (tertiary/aromatic N) is 3. The zero-order valence-corrected chi connectivity index (χ0v) is 9.85. The molecule has 0 saturated heterocycles. The van der Waals surface area contributed by atoms with Crippen molar-refractivity contribution in [2.45, 2.75) is 35.7 Å². The third-order valence-electron chi connectivity index (χ3n) is 2.14. The second-order valence-corrected chi connectivity index (χ2v) is 5.59. The van der Waals surface area contributed by atoms with Crippen LogP contribution >= 0.6 is 23.3 Å². The van der Waals surface area contributed by atoms with Crippen LogP contribution in [0.2, 0.25) is 0 Å². The third-order valence-corrected chi connectivity index (χ3v) is 3.97. The molecule has 0 radical (unpaired) electrons. The van der Waals surface area contributed by atoms with Crippen LogP contribution in [-0.4, -0.2) is 27.2 Å². The van der Waals surface area contributed by atoms with Crippen LogP contribution in [-0.2, 0) is 0 Å². The molecular weight excluding hydrogens is 228 g/mol. The van der Waals surface area contributed by atoms with Crippen molar-refractivity contribution in [2.75, 3.05) is 5.75 Å². The molecular formula is C9H12N4S2. The minimum absolute atomic E-state index is 0.00192. The average Bonchev–Trinajstić information content (AvgIpc) is 2.91. The van der Waals surface area contributed by atoms with E-state index in [0.29, 0.717) is 6.04 Å². The first kappa shape index (κ1) is 10.9. The molecule has 1 fully saturated rings. The monoisotopic (exact) mass is 240 g/mol. The molecule has 1 atom stereocenters. The maximum Gasteiger partial charge on any atom is 0.169 e. The van der Waals surface area contributed by atoms with Crippen molar-refractivity contribution in [2.24, 2.45) is 0 Å². The number of thioether (sulfide) groups is 1. The summed E-state index contributed by atoms with van der Waals surface area (Å²) in [5.74, 6) is 0.924. The number of nitriles is 1. The van der Waals surface area contributed by atoms with Crippen molar-refractivity contribution in [1.29, 1.82) is 5.26 Å². The Labute approximate surface area is 97.3 Å². The van der Waals surface area contributed by atoms with Gasteiger partial charge in [0.25, 0.3) is 0 Å². The first-order chi connectivity index (χ1) is 7.38. The largest absolute Gasteiger partial charge is 0.299 e. The van der Waals surface area contributed by atoms with Crippen molar-refractivity contribution in [3.63, 3.8) is 0 Å². The van der Waals surface area contributed by atoms with E-state index in [1.807, 2.05) is 0 Å². The number of nitrogens with one attached hydrogen (secondary N) is 1. The summed E-state index contributed by atoms with van der Waals surface area (Å²) in [6, 6.07) is 2.89. The summed E-state index contributed by atoms with van der Waals surface area (Å²) in [5.41, 5.74) is 0. The molecule has 1 aliphatic carbocycles. The first-order valence-electron chi connectivity index (χ1n) is 4.93. The zero-order valence-electron chi connectivity index (χ0n) is 8.22. The highest BCUT2D eigenvalue weighted by Gasteiger charge is 2.24. The topological polar surface area (TPSA) is 61.6 Å². The normalized spacial score (nSPS) is 17.3. The van der Waals surface area contributed by atoms with E-state index in [1.165, 1.54) is 24.4 Å². The molecule has 80 valence electrons. The lowest BCUT2D eigenvalue weighted by atomic mass is 10.2. The summed E-state index contributed by atoms with van der Waals surface area (Å²) in [7, 11) is 0. The molecule has 2 rings (SSSR count). The molecule has 0 bridgehead atoms. The molecule has 1 heterocycles. The Hall–Kier alpha value is -0.640. The molecule has 0 amide bonds. The lowest BCUT2D eigenvalue weighted by molar-refractivity contribution is 0.587. The molecule has 1 aliphatic rings. The van der Waals surface area contributed by atoms with Crippen LogP contribution in [0.3, 0.4) is 0 Å². The number of aromatic nitrogens is 2. The highest BCUT2D eigenvalue weighted by atomic mass is 32.2. The fourth-order valence-electron chi connectivity index (χ4n) is 1.21. The fourth-order valence-corrected chi connectivity index (χ4v) is 2.73. The van der Waals surface area contributed by atoms with Crippen molar-refractivity contribution in [3.05, 3.63) is 6.33 Å². The van der Waals surface area contributed by atoms with Crippen LogP contribution in [0, 0.1) is 11.3 Å². The van der Waals surface area contributed by atoms with E-state index in [0.717, 1.165) is 16.5 Å². The SMILES string of the molecule is N#CC(CCSc1ncns1)NC1CC1. The maximum atomic E-state index is 8.91. The van der Waals surface area contributed by atoms with E-state index >= 15 is 0 Å². The Morgan fingerprint density at radius 1 is 1.73 bits per heavy atom. The average molecular weight is 240 g/mol. The Morgan fingerprint density at radius 2 is 2.60 bits per heavy atom. The second kappa shape index (κ2) is 5.45. The van der Waals surface area contributed by atoms with Gasteiger partial charge in [0, 0.05) is 11.8 Å². The third kappa shape index (κ3) is 3.78. The molecule has 1 aromatic rings. The van der Waals surface area contributed by atoms with Gasteiger partial charge in [0.05, 0.1) is 12.1 Å². The molecule has 4 nitrogen and oxygen atoms in total. The molecule has 0 spiro atoms. The van der Waals surface area contributed by atoms with Crippen LogP contribution in [0.25, 0.3) is 0 Å². The number of rotatable bonds is 6. The Kier molecular flexibility index (Phi) is 3.94. The zero-order chi connectivity index (χ0) is 10.5. The first-order valence-corrected chi connectivity index (χ1v) is 6.69. The molecule has 0 aromatic carbocycles. The van der Waals surface area contributed by atoms with Gasteiger partial charge in [-0.15, -0.1) is 0 Å². The highest BCUT2D eigenvalue weighted by molar-refractivity contribution is 8.00. The summed E-state index contributed by atoms with van der Waals surface area (Å²) in [6.07, 6.45) is 4.89. The second-order valence-electron chi connectivity index (χ2n) is 3.47. The van der Waals surface area contributed by atoms with Gasteiger partial charge in [0.2, 0.25) is 0 Å². The van der Waals surface area contributed by atoms with Gasteiger partial charge in [-0.3, -0.25) is 5.32 Å². The van der Waals surface area contributed by atoms with Gasteiger partial charge in [0.15, 0.2) is 4.34 Å². The summed E-state index contributed by atoms with van der Waals surface area (Å²) in [5, 5.41) is 12.2. The van der Waals surface area contributed by atoms with Crippen LogP contribution in [0.15, 0.2) is 10.7 Å². The van der Waals surface area contributed by atoms with E-state index < -0.39 is 0 Å². The van der Waals surface area contributed by atoms with Crippen molar-refractivity contribution in [3.8, 4) is 6.07 Å². The van der Waals surface area contributed by atoms with Crippen LogP contribution in [0.1, 0.15) is 19.3 Å². The fraction of sp³-hybridized carbons (Fsp3) is 0.667. The summed E-state index contributed by atoms with van der Waals surface area (Å²) < 4.78 is 4.91. The Bertz CT molecular complexity index is 328. The molecule has 15 heavy (non-hydrogen) atoms. The molecule has 1 saturated carbocycles. The quantitative estimate of drug-likeness (QED) is 0.766. The highest BCUT2D eigenvalue weighted by Crippen LogP contribution is 2.22. The van der Waals surface area contributed by atoms with E-state index in [2.05, 4.69) is 20.7 Å². The van der Waals surface area contributed by atoms with Gasteiger partial charge in [-0.2, -0.15) is 9.64 Å². The van der Waals surface area contributed by atoms with Gasteiger partial charge in [-0.05, 0) is 30.8 Å². The molecule has 6 heteroatoms. The Balaban J connectivity index is 1.65. The van der Waals surface area contributed by atoms with Gasteiger partial charge < -0.3 is 0 Å². The predicted molar refractivity (Wildman–Crippen MR) is 60.8 cm³/mol. The van der Waals surface area contributed by atoms with Crippen LogP contribution < -0.4 is 5.32 Å². The van der Waals surface area contributed by atoms with Gasteiger partial charge in [-0.1, -0.05) is 11.8 Å². The lowest BCUT2D eigenvalue weighted by Gasteiger charge is -2.08. The van der Waals surface area contributed by atoms with Gasteiger partial charge in [0.1, 0.15) is 6.33 Å². The van der Waals surface area contributed by atoms with E-state index in [9.17, 15) is 0 Å². The predicted octanol–water partition coefficient (Wildman–Crippen LogP) is 1.66. The maximum absolute atomic E-state index is 8.91. The minimum Gasteiger partial charge on any atom is -0.299 e. The van der Waals surface area contributed by atoms with Crippen LogP contribution in [0.5, 0.6) is 0 Å². The lowest BCUT2D eigenvalue weighted by Crippen LogP contribution is -2.29. The smallest absolute Gasteiger partial charge is 0.169 e. The minimum atomic E-state index is -0.00192. The summed E-state index contributed by atoms with van der Waals surface area (Å²) in [4.78, 5) is 4.08. The standard InChI is InChI=1S/C9H12N4S2/c10-5-8(13-7-1-2-7)3-4-14-9-11-6-12-15-9/h6-8,13H,1-4H2. The molecule has 1 unspecified atom stereocenters. The van der Waals surface area contributed by atoms with E-state index in [1.54, 1.807) is 18.1 Å². The van der Waals surface area contributed by atoms with Crippen molar-refractivity contribution < 1.29 is 0 Å². The molecule has 0 aliphatic heterocycles. The Morgan fingerprint density at radius 3 is 3.20 bits per heavy atom. The van der Waals surface area contributed by atoms with Crippen molar-refractivity contribution in [1.82, 2.24) is 14.7 Å².